The maximum Gasteiger partial charge on any atom is 0.222 e. The molecule has 0 bridgehead atoms. The molecule has 1 atom stereocenters. The molecule has 0 aliphatic carbocycles. The molecule has 1 aliphatic rings. The number of halogens is 1. The highest BCUT2D eigenvalue weighted by atomic mass is 35.5. The smallest absolute Gasteiger partial charge is 0.222 e. The van der Waals surface area contributed by atoms with Gasteiger partial charge in [-0.3, -0.25) is 4.79 Å². The molecule has 0 spiro atoms. The summed E-state index contributed by atoms with van der Waals surface area (Å²) in [4.78, 5) is 29.3. The molecule has 1 aliphatic heterocycles. The van der Waals surface area contributed by atoms with Crippen molar-refractivity contribution in [1.29, 1.82) is 0 Å². The second-order valence-corrected chi connectivity index (χ2v) is 9.66. The number of hydrogen-bond acceptors (Lipinski definition) is 6. The van der Waals surface area contributed by atoms with Crippen LogP contribution in [0.3, 0.4) is 0 Å². The second kappa shape index (κ2) is 10.1. The molecule has 0 saturated carbocycles. The van der Waals surface area contributed by atoms with Gasteiger partial charge in [-0.15, -0.1) is 0 Å². The van der Waals surface area contributed by atoms with Gasteiger partial charge in [0.1, 0.15) is 17.8 Å². The lowest BCUT2D eigenvalue weighted by Crippen LogP contribution is -2.53. The van der Waals surface area contributed by atoms with Gasteiger partial charge in [0.15, 0.2) is 0 Å². The average molecular weight is 470 g/mol. The monoisotopic (exact) mass is 469 g/mol. The number of H-pyrrole nitrogens is 1. The van der Waals surface area contributed by atoms with E-state index in [0.717, 1.165) is 61.3 Å². The van der Waals surface area contributed by atoms with Gasteiger partial charge >= 0.3 is 0 Å². The van der Waals surface area contributed by atoms with Crippen LogP contribution in [-0.2, 0) is 4.79 Å². The maximum absolute atomic E-state index is 13.0. The largest absolute Gasteiger partial charge is 0.356 e. The highest BCUT2D eigenvalue weighted by Crippen LogP contribution is 2.30. The fourth-order valence-corrected chi connectivity index (χ4v) is 4.55. The van der Waals surface area contributed by atoms with E-state index >= 15 is 0 Å². The summed E-state index contributed by atoms with van der Waals surface area (Å²) < 4.78 is 0. The molecular formula is C24H32ClN7O. The number of anilines is 1. The zero-order valence-corrected chi connectivity index (χ0v) is 20.0. The Morgan fingerprint density at radius 1 is 1.24 bits per heavy atom. The van der Waals surface area contributed by atoms with Crippen LogP contribution in [0.2, 0.25) is 5.02 Å². The van der Waals surface area contributed by atoms with Crippen molar-refractivity contribution < 1.29 is 4.79 Å². The Bertz CT molecular complexity index is 1070. The number of amides is 1. The number of hydrogen-bond donors (Lipinski definition) is 3. The third-order valence-electron chi connectivity index (χ3n) is 6.38. The molecule has 2 aromatic heterocycles. The lowest BCUT2D eigenvalue weighted by Gasteiger charge is -2.39. The number of carbonyl (C=O) groups is 1. The molecule has 1 amide bonds. The molecule has 33 heavy (non-hydrogen) atoms. The van der Waals surface area contributed by atoms with Crippen molar-refractivity contribution in [2.75, 3.05) is 38.6 Å². The first-order chi connectivity index (χ1) is 15.8. The van der Waals surface area contributed by atoms with Gasteiger partial charge < -0.3 is 25.8 Å². The van der Waals surface area contributed by atoms with E-state index in [4.69, 9.17) is 17.3 Å². The fraction of sp³-hybridized carbons (Fsp3) is 0.458. The van der Waals surface area contributed by atoms with Gasteiger partial charge in [0.2, 0.25) is 5.91 Å². The number of rotatable bonds is 8. The average Bonchev–Trinajstić information content (AvgIpc) is 3.26. The molecule has 1 saturated heterocycles. The van der Waals surface area contributed by atoms with Crippen LogP contribution >= 0.6 is 11.6 Å². The van der Waals surface area contributed by atoms with Crippen LogP contribution in [0.4, 0.5) is 5.82 Å². The van der Waals surface area contributed by atoms with Gasteiger partial charge in [0, 0.05) is 36.3 Å². The number of nitrogens with two attached hydrogens (primary N) is 1. The van der Waals surface area contributed by atoms with Crippen LogP contribution in [-0.4, -0.2) is 65.0 Å². The van der Waals surface area contributed by atoms with Crippen molar-refractivity contribution in [3.8, 4) is 0 Å². The Balaban J connectivity index is 1.37. The van der Waals surface area contributed by atoms with Gasteiger partial charge in [0.05, 0.1) is 11.4 Å². The lowest BCUT2D eigenvalue weighted by molar-refractivity contribution is -0.123. The number of piperidine rings is 1. The second-order valence-electron chi connectivity index (χ2n) is 9.23. The summed E-state index contributed by atoms with van der Waals surface area (Å²) in [7, 11) is 4.06. The molecule has 3 heterocycles. The van der Waals surface area contributed by atoms with Crippen molar-refractivity contribution in [2.45, 2.75) is 37.3 Å². The van der Waals surface area contributed by atoms with Gasteiger partial charge in [0.25, 0.3) is 0 Å². The van der Waals surface area contributed by atoms with Crippen LogP contribution in [0.5, 0.6) is 0 Å². The summed E-state index contributed by atoms with van der Waals surface area (Å²) >= 11 is 6.05. The topological polar surface area (TPSA) is 103 Å². The van der Waals surface area contributed by atoms with Gasteiger partial charge in [-0.1, -0.05) is 23.7 Å². The molecule has 4 rings (SSSR count). The van der Waals surface area contributed by atoms with Crippen LogP contribution in [0, 0.1) is 0 Å². The zero-order chi connectivity index (χ0) is 23.4. The van der Waals surface area contributed by atoms with Crippen LogP contribution in [0.25, 0.3) is 11.0 Å². The predicted molar refractivity (Wildman–Crippen MR) is 132 cm³/mol. The van der Waals surface area contributed by atoms with Crippen molar-refractivity contribution in [1.82, 2.24) is 25.2 Å². The molecule has 8 nitrogen and oxygen atoms in total. The first-order valence-electron chi connectivity index (χ1n) is 11.3. The standard InChI is InChI=1S/C24H32ClN7O/c1-31(2)12-8-20(17-3-5-18(25)6-4-17)30-21(33)15-24(26)9-13-32(14-10-24)23-19-7-11-27-22(19)28-16-29-23/h3-7,11,16,20H,8-10,12-15,26H2,1-2H3,(H,30,33)(H,27,28,29)/t20-/m1/s1. The van der Waals surface area contributed by atoms with Crippen LogP contribution < -0.4 is 16.0 Å². The maximum atomic E-state index is 13.0. The van der Waals surface area contributed by atoms with Gasteiger partial charge in [-0.05, 0) is 63.7 Å². The van der Waals surface area contributed by atoms with Crippen molar-refractivity contribution >= 4 is 34.4 Å². The molecule has 176 valence electrons. The normalized spacial score (nSPS) is 16.8. The Morgan fingerprint density at radius 2 is 1.97 bits per heavy atom. The summed E-state index contributed by atoms with van der Waals surface area (Å²) in [5, 5.41) is 4.91. The number of aromatic amines is 1. The molecule has 9 heteroatoms. The summed E-state index contributed by atoms with van der Waals surface area (Å²) in [5.74, 6) is 0.902. The summed E-state index contributed by atoms with van der Waals surface area (Å²) in [6, 6.07) is 9.59. The molecule has 1 aromatic carbocycles. The minimum atomic E-state index is -0.531. The Labute approximate surface area is 199 Å². The Kier molecular flexibility index (Phi) is 7.17. The molecule has 0 unspecified atom stereocenters. The number of aromatic nitrogens is 3. The Hall–Kier alpha value is -2.68. The van der Waals surface area contributed by atoms with Crippen molar-refractivity contribution in [2.24, 2.45) is 5.73 Å². The number of nitrogens with one attached hydrogen (secondary N) is 2. The number of fused-ring (bicyclic) bond motifs is 1. The first-order valence-corrected chi connectivity index (χ1v) is 11.7. The Morgan fingerprint density at radius 3 is 2.67 bits per heavy atom. The number of carbonyl (C=O) groups excluding carboxylic acids is 1. The van der Waals surface area contributed by atoms with Gasteiger partial charge in [-0.25, -0.2) is 9.97 Å². The predicted octanol–water partition coefficient (Wildman–Crippen LogP) is 3.11. The van der Waals surface area contributed by atoms with E-state index in [1.807, 2.05) is 50.6 Å². The zero-order valence-electron chi connectivity index (χ0n) is 19.2. The van der Waals surface area contributed by atoms with E-state index in [9.17, 15) is 4.79 Å². The SMILES string of the molecule is CN(C)CC[C@@H](NC(=O)CC1(N)CCN(c2ncnc3[nH]ccc23)CC1)c1ccc(Cl)cc1. The number of nitrogens with zero attached hydrogens (tertiary/aromatic N) is 4. The summed E-state index contributed by atoms with van der Waals surface area (Å²) in [6.07, 6.45) is 6.01. The molecule has 3 aromatic rings. The van der Waals surface area contributed by atoms with E-state index < -0.39 is 5.54 Å². The minimum Gasteiger partial charge on any atom is -0.356 e. The highest BCUT2D eigenvalue weighted by Gasteiger charge is 2.34. The van der Waals surface area contributed by atoms with Gasteiger partial charge in [-0.2, -0.15) is 0 Å². The van der Waals surface area contributed by atoms with E-state index in [0.29, 0.717) is 11.4 Å². The van der Waals surface area contributed by atoms with Crippen LogP contribution in [0.1, 0.15) is 37.3 Å². The van der Waals surface area contributed by atoms with E-state index in [-0.39, 0.29) is 11.9 Å². The third kappa shape index (κ3) is 5.82. The summed E-state index contributed by atoms with van der Waals surface area (Å²) in [6.45, 7) is 2.37. The lowest BCUT2D eigenvalue weighted by atomic mass is 9.85. The molecule has 4 N–H and O–H groups in total. The van der Waals surface area contributed by atoms with E-state index in [1.165, 1.54) is 0 Å². The van der Waals surface area contributed by atoms with E-state index in [2.05, 4.69) is 30.1 Å². The molecular weight excluding hydrogens is 438 g/mol. The van der Waals surface area contributed by atoms with Crippen molar-refractivity contribution in [3.63, 3.8) is 0 Å². The third-order valence-corrected chi connectivity index (χ3v) is 6.63. The number of benzene rings is 1. The first kappa shape index (κ1) is 23.5. The van der Waals surface area contributed by atoms with Crippen LogP contribution in [0.15, 0.2) is 42.9 Å². The quantitative estimate of drug-likeness (QED) is 0.468. The molecule has 1 fully saturated rings. The van der Waals surface area contributed by atoms with Crippen molar-refractivity contribution in [3.05, 3.63) is 53.4 Å². The minimum absolute atomic E-state index is 0.0142. The van der Waals surface area contributed by atoms with E-state index in [1.54, 1.807) is 6.33 Å². The molecule has 0 radical (unpaired) electrons. The fourth-order valence-electron chi connectivity index (χ4n) is 4.42. The highest BCUT2D eigenvalue weighted by molar-refractivity contribution is 6.30. The summed E-state index contributed by atoms with van der Waals surface area (Å²) in [5.41, 5.74) is 8.05.